The van der Waals surface area contributed by atoms with Gasteiger partial charge in [0.25, 0.3) is 0 Å². The van der Waals surface area contributed by atoms with Gasteiger partial charge in [0.1, 0.15) is 6.61 Å². The molecule has 176 valence electrons. The van der Waals surface area contributed by atoms with Crippen LogP contribution in [-0.2, 0) is 23.7 Å². The van der Waals surface area contributed by atoms with Crippen LogP contribution >= 0.6 is 0 Å². The number of hydrogen-bond donors (Lipinski definition) is 1. The molecule has 0 spiro atoms. The largest absolute Gasteiger partial charge is 0.430 e. The van der Waals surface area contributed by atoms with Crippen molar-refractivity contribution in [1.29, 1.82) is 0 Å². The molecule has 33 heavy (non-hydrogen) atoms. The first-order chi connectivity index (χ1) is 16.0. The molecule has 0 saturated carbocycles. The zero-order chi connectivity index (χ0) is 23.9. The van der Waals surface area contributed by atoms with Crippen LogP contribution in [-0.4, -0.2) is 62.8 Å². The van der Waals surface area contributed by atoms with E-state index in [2.05, 4.69) is 6.58 Å². The summed E-state index contributed by atoms with van der Waals surface area (Å²) in [6.07, 6.45) is 1.34. The summed E-state index contributed by atoms with van der Waals surface area (Å²) in [5.41, 5.74) is 2.38. The lowest BCUT2D eigenvalue weighted by Crippen LogP contribution is -2.23. The number of benzene rings is 2. The normalized spacial score (nSPS) is 11.9. The monoisotopic (exact) mass is 454 g/mol. The van der Waals surface area contributed by atoms with Crippen molar-refractivity contribution >= 4 is 23.4 Å². The minimum absolute atomic E-state index is 0.156. The average Bonchev–Trinajstić information content (AvgIpc) is 2.84. The van der Waals surface area contributed by atoms with Crippen molar-refractivity contribution in [3.8, 4) is 0 Å². The molecule has 1 N–H and O–H groups in total. The van der Waals surface area contributed by atoms with Crippen molar-refractivity contribution < 1.29 is 33.6 Å². The summed E-state index contributed by atoms with van der Waals surface area (Å²) < 4.78 is 20.4. The number of allylic oxidation sites excluding steroid dienone is 1. The Kier molecular flexibility index (Phi) is 11.8. The van der Waals surface area contributed by atoms with Crippen LogP contribution in [0.2, 0.25) is 0 Å². The van der Waals surface area contributed by atoms with Crippen molar-refractivity contribution in [2.45, 2.75) is 13.2 Å². The van der Waals surface area contributed by atoms with E-state index in [1.807, 2.05) is 37.3 Å². The van der Waals surface area contributed by atoms with E-state index in [9.17, 15) is 14.7 Å². The van der Waals surface area contributed by atoms with E-state index in [0.717, 1.165) is 5.56 Å². The number of esters is 1. The summed E-state index contributed by atoms with van der Waals surface area (Å²) >= 11 is 0. The minimum atomic E-state index is -1.38. The Bertz CT molecular complexity index is 904. The molecule has 2 rings (SSSR count). The maximum absolute atomic E-state index is 12.6. The number of carbonyl (C=O) groups is 2. The lowest BCUT2D eigenvalue weighted by atomic mass is 9.97. The summed E-state index contributed by atoms with van der Waals surface area (Å²) in [5.74, 6) is -0.879. The highest BCUT2D eigenvalue weighted by Gasteiger charge is 2.12. The fraction of sp³-hybridized carbons (Fsp3) is 0.308. The highest BCUT2D eigenvalue weighted by atomic mass is 16.7. The Morgan fingerprint density at radius 2 is 1.55 bits per heavy atom. The standard InChI is InChI=1S/C26H30O7/c1-3-30-15-16-31-17-18-32-19-25(28)33-24(27)14-11-21-9-12-23(13-10-21)26(29)20(2)22-7-5-4-6-8-22/h4-14,25,28H,2-3,15-19H2,1H3/b14-11+. The average molecular weight is 455 g/mol. The van der Waals surface area contributed by atoms with Gasteiger partial charge in [-0.05, 0) is 24.1 Å². The molecule has 0 radical (unpaired) electrons. The lowest BCUT2D eigenvalue weighted by Gasteiger charge is -2.11. The number of ketones is 1. The molecule has 0 fully saturated rings. The van der Waals surface area contributed by atoms with E-state index in [1.54, 1.807) is 24.3 Å². The van der Waals surface area contributed by atoms with E-state index in [1.165, 1.54) is 12.2 Å². The Morgan fingerprint density at radius 1 is 0.909 bits per heavy atom. The molecular weight excluding hydrogens is 424 g/mol. The molecule has 7 heteroatoms. The number of hydrogen-bond acceptors (Lipinski definition) is 7. The summed E-state index contributed by atoms with van der Waals surface area (Å²) in [4.78, 5) is 24.4. The Balaban J connectivity index is 1.71. The number of Topliss-reactive ketones (excluding diaryl/α,β-unsaturated/α-hetero) is 1. The fourth-order valence-electron chi connectivity index (χ4n) is 2.73. The van der Waals surface area contributed by atoms with Crippen LogP contribution in [0.1, 0.15) is 28.4 Å². The molecule has 1 unspecified atom stereocenters. The van der Waals surface area contributed by atoms with Gasteiger partial charge in [0.05, 0.1) is 26.4 Å². The van der Waals surface area contributed by atoms with E-state index in [4.69, 9.17) is 18.9 Å². The third-order valence-corrected chi connectivity index (χ3v) is 4.44. The Labute approximate surface area is 194 Å². The van der Waals surface area contributed by atoms with Gasteiger partial charge in [-0.2, -0.15) is 0 Å². The van der Waals surface area contributed by atoms with Gasteiger partial charge in [-0.25, -0.2) is 4.79 Å². The predicted molar refractivity (Wildman–Crippen MR) is 126 cm³/mol. The van der Waals surface area contributed by atoms with Crippen LogP contribution in [0.25, 0.3) is 11.6 Å². The van der Waals surface area contributed by atoms with Crippen molar-refractivity contribution in [2.24, 2.45) is 0 Å². The number of aliphatic hydroxyl groups excluding tert-OH is 1. The van der Waals surface area contributed by atoms with Crippen LogP contribution < -0.4 is 0 Å². The molecule has 0 bridgehead atoms. The molecule has 0 aliphatic carbocycles. The van der Waals surface area contributed by atoms with E-state index in [-0.39, 0.29) is 19.0 Å². The molecule has 0 amide bonds. The molecule has 7 nitrogen and oxygen atoms in total. The van der Waals surface area contributed by atoms with Crippen LogP contribution in [0.15, 0.2) is 67.3 Å². The van der Waals surface area contributed by atoms with E-state index >= 15 is 0 Å². The molecule has 0 aliphatic rings. The third kappa shape index (κ3) is 9.93. The summed E-state index contributed by atoms with van der Waals surface area (Å²) in [5, 5.41) is 9.72. The maximum Gasteiger partial charge on any atom is 0.333 e. The molecule has 0 aliphatic heterocycles. The molecule has 0 heterocycles. The van der Waals surface area contributed by atoms with Gasteiger partial charge in [0.15, 0.2) is 5.78 Å². The molecule has 0 aromatic heterocycles. The van der Waals surface area contributed by atoms with E-state index < -0.39 is 12.3 Å². The zero-order valence-corrected chi connectivity index (χ0v) is 18.8. The molecule has 2 aromatic rings. The Morgan fingerprint density at radius 3 is 2.21 bits per heavy atom. The van der Waals surface area contributed by atoms with Gasteiger partial charge in [-0.3, -0.25) is 4.79 Å². The zero-order valence-electron chi connectivity index (χ0n) is 18.8. The number of rotatable bonds is 15. The van der Waals surface area contributed by atoms with Gasteiger partial charge >= 0.3 is 5.97 Å². The van der Waals surface area contributed by atoms with Gasteiger partial charge in [0, 0.05) is 23.8 Å². The molecule has 2 aromatic carbocycles. The maximum atomic E-state index is 12.6. The molecule has 0 saturated heterocycles. The summed E-state index contributed by atoms with van der Waals surface area (Å²) in [6.45, 7) is 7.88. The summed E-state index contributed by atoms with van der Waals surface area (Å²) in [7, 11) is 0. The quantitative estimate of drug-likeness (QED) is 0.145. The van der Waals surface area contributed by atoms with E-state index in [0.29, 0.717) is 43.1 Å². The fourth-order valence-corrected chi connectivity index (χ4v) is 2.73. The molecule has 1 atom stereocenters. The second-order valence-electron chi connectivity index (χ2n) is 6.90. The highest BCUT2D eigenvalue weighted by molar-refractivity contribution is 6.28. The van der Waals surface area contributed by atoms with Gasteiger partial charge in [-0.1, -0.05) is 61.2 Å². The van der Waals surface area contributed by atoms with Gasteiger partial charge in [0.2, 0.25) is 6.29 Å². The number of ether oxygens (including phenoxy) is 4. The van der Waals surface area contributed by atoms with Gasteiger partial charge < -0.3 is 24.1 Å². The Hall–Kier alpha value is -3.10. The molecular formula is C26H30O7. The van der Waals surface area contributed by atoms with Crippen LogP contribution in [0.3, 0.4) is 0 Å². The van der Waals surface area contributed by atoms with Gasteiger partial charge in [-0.15, -0.1) is 0 Å². The van der Waals surface area contributed by atoms with Crippen LogP contribution in [0.4, 0.5) is 0 Å². The van der Waals surface area contributed by atoms with Crippen molar-refractivity contribution in [2.75, 3.05) is 39.6 Å². The first kappa shape index (κ1) is 26.2. The van der Waals surface area contributed by atoms with Crippen molar-refractivity contribution in [1.82, 2.24) is 0 Å². The van der Waals surface area contributed by atoms with Crippen molar-refractivity contribution in [3.63, 3.8) is 0 Å². The highest BCUT2D eigenvalue weighted by Crippen LogP contribution is 2.18. The lowest BCUT2D eigenvalue weighted by molar-refractivity contribution is -0.171. The first-order valence-corrected chi connectivity index (χ1v) is 10.7. The topological polar surface area (TPSA) is 91.3 Å². The van der Waals surface area contributed by atoms with Crippen LogP contribution in [0.5, 0.6) is 0 Å². The summed E-state index contributed by atoms with van der Waals surface area (Å²) in [6, 6.07) is 16.0. The predicted octanol–water partition coefficient (Wildman–Crippen LogP) is 3.53. The van der Waals surface area contributed by atoms with Crippen molar-refractivity contribution in [3.05, 3.63) is 83.9 Å². The number of aliphatic hydroxyl groups is 1. The van der Waals surface area contributed by atoms with Crippen LogP contribution in [0, 0.1) is 0 Å². The second-order valence-corrected chi connectivity index (χ2v) is 6.90. The smallest absolute Gasteiger partial charge is 0.333 e. The third-order valence-electron chi connectivity index (χ3n) is 4.44. The second kappa shape index (κ2) is 14.9. The SMILES string of the molecule is C=C(C(=O)c1ccc(/C=C/C(=O)OC(O)COCCOCCOCC)cc1)c1ccccc1. The number of carbonyl (C=O) groups excluding carboxylic acids is 2. The first-order valence-electron chi connectivity index (χ1n) is 10.7. The minimum Gasteiger partial charge on any atom is -0.430 e.